The number of hydrogen-bond donors (Lipinski definition) is 1. The van der Waals surface area contributed by atoms with Crippen molar-refractivity contribution in [3.05, 3.63) is 62.9 Å². The minimum atomic E-state index is -0.405. The van der Waals surface area contributed by atoms with E-state index < -0.39 is 6.03 Å². The molecule has 21 heavy (non-hydrogen) atoms. The van der Waals surface area contributed by atoms with E-state index in [4.69, 9.17) is 11.6 Å². The number of amides is 3. The second kappa shape index (κ2) is 5.71. The van der Waals surface area contributed by atoms with E-state index >= 15 is 0 Å². The number of benzene rings is 1. The molecule has 2 heterocycles. The molecule has 1 fully saturated rings. The van der Waals surface area contributed by atoms with Crippen molar-refractivity contribution in [3.8, 4) is 0 Å². The van der Waals surface area contributed by atoms with Gasteiger partial charge in [0.1, 0.15) is 5.70 Å². The molecule has 1 N–H and O–H groups in total. The van der Waals surface area contributed by atoms with Gasteiger partial charge in [-0.05, 0) is 23.8 Å². The summed E-state index contributed by atoms with van der Waals surface area (Å²) in [7, 11) is 0. The van der Waals surface area contributed by atoms with E-state index in [0.717, 1.165) is 10.4 Å². The number of imide groups is 1. The van der Waals surface area contributed by atoms with Crippen LogP contribution in [0.15, 0.2) is 48.2 Å². The monoisotopic (exact) mass is 318 g/mol. The molecule has 0 atom stereocenters. The number of nitrogens with one attached hydrogen (secondary N) is 1. The molecule has 0 saturated carbocycles. The molecule has 0 spiro atoms. The van der Waals surface area contributed by atoms with Crippen molar-refractivity contribution in [1.82, 2.24) is 10.2 Å². The van der Waals surface area contributed by atoms with E-state index in [1.54, 1.807) is 18.2 Å². The zero-order valence-electron chi connectivity index (χ0n) is 10.9. The van der Waals surface area contributed by atoms with Crippen LogP contribution >= 0.6 is 22.9 Å². The Morgan fingerprint density at radius 2 is 1.90 bits per heavy atom. The zero-order chi connectivity index (χ0) is 14.8. The van der Waals surface area contributed by atoms with Crippen LogP contribution in [0.25, 0.3) is 6.08 Å². The number of nitrogens with zero attached hydrogens (tertiary/aromatic N) is 1. The second-order valence-corrected chi connectivity index (χ2v) is 6.25. The summed E-state index contributed by atoms with van der Waals surface area (Å²) in [6, 6.07) is 12.5. The van der Waals surface area contributed by atoms with E-state index in [9.17, 15) is 9.59 Å². The van der Waals surface area contributed by atoms with Gasteiger partial charge in [0.2, 0.25) is 0 Å². The van der Waals surface area contributed by atoms with Gasteiger partial charge in [0.25, 0.3) is 5.91 Å². The first-order valence-electron chi connectivity index (χ1n) is 6.27. The van der Waals surface area contributed by atoms with Crippen LogP contribution in [0.4, 0.5) is 4.79 Å². The molecule has 0 radical (unpaired) electrons. The molecule has 1 aromatic carbocycles. The lowest BCUT2D eigenvalue weighted by Gasteiger charge is -2.11. The molecule has 1 aliphatic rings. The molecule has 2 aromatic rings. The number of thiophene rings is 1. The van der Waals surface area contributed by atoms with Gasteiger partial charge in [0, 0.05) is 4.88 Å². The predicted molar refractivity (Wildman–Crippen MR) is 82.8 cm³/mol. The van der Waals surface area contributed by atoms with Gasteiger partial charge in [0.15, 0.2) is 0 Å². The van der Waals surface area contributed by atoms with Crippen molar-refractivity contribution in [2.45, 2.75) is 6.54 Å². The van der Waals surface area contributed by atoms with Gasteiger partial charge >= 0.3 is 6.03 Å². The molecule has 0 unspecified atom stereocenters. The Morgan fingerprint density at radius 1 is 1.14 bits per heavy atom. The van der Waals surface area contributed by atoms with Gasteiger partial charge in [-0.1, -0.05) is 41.9 Å². The number of urea groups is 1. The Bertz CT molecular complexity index is 724. The molecule has 0 bridgehead atoms. The molecule has 1 saturated heterocycles. The molecule has 3 amide bonds. The van der Waals surface area contributed by atoms with Crippen LogP contribution in [-0.2, 0) is 11.3 Å². The lowest BCUT2D eigenvalue weighted by molar-refractivity contribution is -0.123. The number of hydrogen-bond acceptors (Lipinski definition) is 3. The van der Waals surface area contributed by atoms with E-state index in [0.29, 0.717) is 4.34 Å². The second-order valence-electron chi connectivity index (χ2n) is 4.51. The minimum Gasteiger partial charge on any atom is -0.303 e. The molecule has 0 aliphatic carbocycles. The third-order valence-corrected chi connectivity index (χ3v) is 4.20. The van der Waals surface area contributed by atoms with Crippen molar-refractivity contribution in [2.24, 2.45) is 0 Å². The van der Waals surface area contributed by atoms with Gasteiger partial charge in [-0.25, -0.2) is 4.79 Å². The van der Waals surface area contributed by atoms with Gasteiger partial charge < -0.3 is 5.32 Å². The SMILES string of the molecule is O=C1N/C(=C/c2ccc(Cl)s2)C(=O)N1Cc1ccccc1. The van der Waals surface area contributed by atoms with E-state index in [-0.39, 0.29) is 18.1 Å². The van der Waals surface area contributed by atoms with Crippen molar-refractivity contribution < 1.29 is 9.59 Å². The van der Waals surface area contributed by atoms with Gasteiger partial charge in [-0.2, -0.15) is 0 Å². The lowest BCUT2D eigenvalue weighted by Crippen LogP contribution is -2.30. The van der Waals surface area contributed by atoms with Crippen LogP contribution < -0.4 is 5.32 Å². The van der Waals surface area contributed by atoms with Crippen LogP contribution in [0.1, 0.15) is 10.4 Å². The molecule has 4 nitrogen and oxygen atoms in total. The van der Waals surface area contributed by atoms with Crippen LogP contribution in [-0.4, -0.2) is 16.8 Å². The molecular weight excluding hydrogens is 308 g/mol. The summed E-state index contributed by atoms with van der Waals surface area (Å²) in [6.45, 7) is 0.258. The van der Waals surface area contributed by atoms with Crippen LogP contribution in [0.3, 0.4) is 0 Å². The molecule has 6 heteroatoms. The predicted octanol–water partition coefficient (Wildman–Crippen LogP) is 3.49. The van der Waals surface area contributed by atoms with E-state index in [1.807, 2.05) is 30.3 Å². The summed E-state index contributed by atoms with van der Waals surface area (Å²) in [5, 5.41) is 2.59. The first-order chi connectivity index (χ1) is 10.1. The van der Waals surface area contributed by atoms with Gasteiger partial charge in [-0.15, -0.1) is 11.3 Å². The Morgan fingerprint density at radius 3 is 2.57 bits per heavy atom. The summed E-state index contributed by atoms with van der Waals surface area (Å²) in [6.07, 6.45) is 1.64. The van der Waals surface area contributed by atoms with Crippen LogP contribution in [0.5, 0.6) is 0 Å². The quantitative estimate of drug-likeness (QED) is 0.695. The van der Waals surface area contributed by atoms with E-state index in [1.165, 1.54) is 16.2 Å². The van der Waals surface area contributed by atoms with E-state index in [2.05, 4.69) is 5.32 Å². The first-order valence-corrected chi connectivity index (χ1v) is 7.47. The van der Waals surface area contributed by atoms with Crippen molar-refractivity contribution in [3.63, 3.8) is 0 Å². The maximum atomic E-state index is 12.3. The summed E-state index contributed by atoms with van der Waals surface area (Å²) < 4.78 is 0.639. The summed E-state index contributed by atoms with van der Waals surface area (Å²) in [4.78, 5) is 26.2. The zero-order valence-corrected chi connectivity index (χ0v) is 12.4. The molecule has 3 rings (SSSR count). The third kappa shape index (κ3) is 2.99. The largest absolute Gasteiger partial charge is 0.329 e. The lowest BCUT2D eigenvalue weighted by atomic mass is 10.2. The highest BCUT2D eigenvalue weighted by atomic mass is 35.5. The topological polar surface area (TPSA) is 49.4 Å². The highest BCUT2D eigenvalue weighted by Crippen LogP contribution is 2.25. The molecule has 106 valence electrons. The Balaban J connectivity index is 1.81. The van der Waals surface area contributed by atoms with Crippen LogP contribution in [0, 0.1) is 0 Å². The summed E-state index contributed by atoms with van der Waals surface area (Å²) in [5.74, 6) is -0.326. The van der Waals surface area contributed by atoms with Gasteiger partial charge in [0.05, 0.1) is 10.9 Å². The Labute approximate surface area is 130 Å². The fraction of sp³-hybridized carbons (Fsp3) is 0.0667. The maximum Gasteiger partial charge on any atom is 0.329 e. The average Bonchev–Trinajstić information content (AvgIpc) is 2.99. The maximum absolute atomic E-state index is 12.3. The normalized spacial score (nSPS) is 16.6. The Hall–Kier alpha value is -2.11. The minimum absolute atomic E-state index is 0.258. The number of rotatable bonds is 3. The first kappa shape index (κ1) is 13.9. The fourth-order valence-electron chi connectivity index (χ4n) is 2.03. The standard InChI is InChI=1S/C15H11ClN2O2S/c16-13-7-6-11(21-13)8-12-14(19)18(15(20)17-12)9-10-4-2-1-3-5-10/h1-8H,9H2,(H,17,20)/b12-8+. The third-order valence-electron chi connectivity index (χ3n) is 3.03. The average molecular weight is 319 g/mol. The molecule has 1 aliphatic heterocycles. The molecular formula is C15H11ClN2O2S. The smallest absolute Gasteiger partial charge is 0.303 e. The van der Waals surface area contributed by atoms with Crippen molar-refractivity contribution in [2.75, 3.05) is 0 Å². The fourth-order valence-corrected chi connectivity index (χ4v) is 3.03. The summed E-state index contributed by atoms with van der Waals surface area (Å²) in [5.41, 5.74) is 1.18. The van der Waals surface area contributed by atoms with Crippen LogP contribution in [0.2, 0.25) is 4.34 Å². The number of carbonyl (C=O) groups is 2. The number of halogens is 1. The van der Waals surface area contributed by atoms with Gasteiger partial charge in [-0.3, -0.25) is 9.69 Å². The van der Waals surface area contributed by atoms with Crippen molar-refractivity contribution in [1.29, 1.82) is 0 Å². The van der Waals surface area contributed by atoms with Crippen molar-refractivity contribution >= 4 is 41.0 Å². The number of carbonyl (C=O) groups excluding carboxylic acids is 2. The highest BCUT2D eigenvalue weighted by molar-refractivity contribution is 7.17. The Kier molecular flexibility index (Phi) is 3.77. The highest BCUT2D eigenvalue weighted by Gasteiger charge is 2.33. The molecule has 1 aromatic heterocycles. The summed E-state index contributed by atoms with van der Waals surface area (Å²) >= 11 is 7.20.